The van der Waals surface area contributed by atoms with E-state index in [1.54, 1.807) is 0 Å². The van der Waals surface area contributed by atoms with E-state index < -0.39 is 5.97 Å². The molecular formula is C12H11ClN2O4. The molecule has 0 radical (unpaired) electrons. The Morgan fingerprint density at radius 1 is 1.53 bits per heavy atom. The van der Waals surface area contributed by atoms with Gasteiger partial charge < -0.3 is 14.4 Å². The molecule has 0 saturated carbocycles. The van der Waals surface area contributed by atoms with Crippen molar-refractivity contribution in [1.82, 2.24) is 10.1 Å². The van der Waals surface area contributed by atoms with E-state index in [0.717, 1.165) is 0 Å². The van der Waals surface area contributed by atoms with Gasteiger partial charge in [0.2, 0.25) is 0 Å². The summed E-state index contributed by atoms with van der Waals surface area (Å²) in [6, 6.07) is 4.30. The molecule has 0 spiro atoms. The molecule has 0 saturated heterocycles. The Morgan fingerprint density at radius 2 is 2.32 bits per heavy atom. The summed E-state index contributed by atoms with van der Waals surface area (Å²) >= 11 is 5.81. The highest BCUT2D eigenvalue weighted by Crippen LogP contribution is 2.24. The Balaban J connectivity index is 2.14. The normalized spacial score (nSPS) is 10.4. The minimum Gasteiger partial charge on any atom is -0.483 e. The molecule has 0 aliphatic heterocycles. The van der Waals surface area contributed by atoms with E-state index in [2.05, 4.69) is 10.1 Å². The number of carboxylic acids is 1. The number of hydrogen-bond donors (Lipinski definition) is 1. The molecule has 0 aliphatic carbocycles. The minimum absolute atomic E-state index is 0.00633. The largest absolute Gasteiger partial charge is 0.483 e. The first-order valence-electron chi connectivity index (χ1n) is 5.57. The van der Waals surface area contributed by atoms with Crippen molar-refractivity contribution in [3.05, 3.63) is 40.5 Å². The lowest BCUT2D eigenvalue weighted by Gasteiger charge is -2.07. The topological polar surface area (TPSA) is 85.5 Å². The van der Waals surface area contributed by atoms with Crippen LogP contribution in [0, 0.1) is 0 Å². The van der Waals surface area contributed by atoms with Crippen LogP contribution in [-0.4, -0.2) is 21.2 Å². The number of benzene rings is 1. The Labute approximate surface area is 114 Å². The highest BCUT2D eigenvalue weighted by atomic mass is 35.5. The second-order valence-electron chi connectivity index (χ2n) is 3.69. The van der Waals surface area contributed by atoms with Crippen molar-refractivity contribution < 1.29 is 19.2 Å². The molecule has 0 unspecified atom stereocenters. The molecule has 2 rings (SSSR count). The van der Waals surface area contributed by atoms with Crippen molar-refractivity contribution >= 4 is 17.6 Å². The molecule has 0 atom stereocenters. The van der Waals surface area contributed by atoms with Gasteiger partial charge in [-0.05, 0) is 18.2 Å². The lowest BCUT2D eigenvalue weighted by molar-refractivity contribution is 0.0691. The van der Waals surface area contributed by atoms with Gasteiger partial charge in [-0.1, -0.05) is 23.7 Å². The minimum atomic E-state index is -1.09. The number of halogens is 1. The fourth-order valence-electron chi connectivity index (χ4n) is 1.42. The quantitative estimate of drug-likeness (QED) is 0.907. The van der Waals surface area contributed by atoms with Gasteiger partial charge in [0.15, 0.2) is 12.4 Å². The van der Waals surface area contributed by atoms with Crippen molar-refractivity contribution in [2.24, 2.45) is 0 Å². The number of carboxylic acid groups (broad SMARTS) is 1. The van der Waals surface area contributed by atoms with Crippen LogP contribution in [0.5, 0.6) is 5.75 Å². The van der Waals surface area contributed by atoms with Crippen molar-refractivity contribution in [3.63, 3.8) is 0 Å². The molecule has 19 heavy (non-hydrogen) atoms. The number of aromatic nitrogens is 2. The van der Waals surface area contributed by atoms with E-state index in [1.807, 2.05) is 6.92 Å². The predicted molar refractivity (Wildman–Crippen MR) is 66.4 cm³/mol. The monoisotopic (exact) mass is 282 g/mol. The molecule has 0 fully saturated rings. The number of nitrogens with zero attached hydrogens (tertiary/aromatic N) is 2. The summed E-state index contributed by atoms with van der Waals surface area (Å²) in [4.78, 5) is 15.1. The van der Waals surface area contributed by atoms with Gasteiger partial charge in [0, 0.05) is 11.4 Å². The average Bonchev–Trinajstić information content (AvgIpc) is 2.84. The Hall–Kier alpha value is -2.08. The van der Waals surface area contributed by atoms with E-state index in [9.17, 15) is 4.79 Å². The van der Waals surface area contributed by atoms with Gasteiger partial charge in [0.25, 0.3) is 5.89 Å². The second kappa shape index (κ2) is 5.71. The van der Waals surface area contributed by atoms with Crippen LogP contribution in [0.25, 0.3) is 0 Å². The molecule has 0 bridgehead atoms. The van der Waals surface area contributed by atoms with Crippen molar-refractivity contribution in [2.75, 3.05) is 0 Å². The third kappa shape index (κ3) is 3.23. The summed E-state index contributed by atoms with van der Waals surface area (Å²) in [5, 5.41) is 13.1. The Kier molecular flexibility index (Phi) is 4.01. The smallest absolute Gasteiger partial charge is 0.339 e. The van der Waals surface area contributed by atoms with Gasteiger partial charge in [-0.15, -0.1) is 0 Å². The molecule has 0 aliphatic rings. The van der Waals surface area contributed by atoms with Crippen LogP contribution in [-0.2, 0) is 13.0 Å². The highest BCUT2D eigenvalue weighted by Gasteiger charge is 2.13. The van der Waals surface area contributed by atoms with E-state index in [4.69, 9.17) is 26.0 Å². The van der Waals surface area contributed by atoms with Crippen LogP contribution in [0.2, 0.25) is 5.02 Å². The summed E-state index contributed by atoms with van der Waals surface area (Å²) in [5.41, 5.74) is 0.0274. The van der Waals surface area contributed by atoms with Crippen LogP contribution in [0.4, 0.5) is 0 Å². The average molecular weight is 283 g/mol. The third-order valence-electron chi connectivity index (χ3n) is 2.35. The summed E-state index contributed by atoms with van der Waals surface area (Å²) in [5.74, 6) is -0.0704. The van der Waals surface area contributed by atoms with Gasteiger partial charge in [-0.25, -0.2) is 4.79 Å². The molecule has 6 nitrogen and oxygen atoms in total. The van der Waals surface area contributed by atoms with E-state index in [1.165, 1.54) is 18.2 Å². The molecule has 1 heterocycles. The molecule has 7 heteroatoms. The van der Waals surface area contributed by atoms with Crippen LogP contribution in [0.3, 0.4) is 0 Å². The zero-order valence-electron chi connectivity index (χ0n) is 10.1. The lowest BCUT2D eigenvalue weighted by atomic mass is 10.2. The number of rotatable bonds is 5. The highest BCUT2D eigenvalue weighted by molar-refractivity contribution is 6.30. The number of aromatic carboxylic acids is 1. The van der Waals surface area contributed by atoms with Gasteiger partial charge in [0.05, 0.1) is 0 Å². The van der Waals surface area contributed by atoms with Crippen molar-refractivity contribution in [2.45, 2.75) is 20.0 Å². The molecule has 1 aromatic heterocycles. The van der Waals surface area contributed by atoms with Crippen LogP contribution >= 0.6 is 11.6 Å². The van der Waals surface area contributed by atoms with Crippen LogP contribution in [0.15, 0.2) is 22.7 Å². The Bertz CT molecular complexity index is 597. The Morgan fingerprint density at radius 3 is 2.95 bits per heavy atom. The molecule has 1 aromatic carbocycles. The molecular weight excluding hydrogens is 272 g/mol. The van der Waals surface area contributed by atoms with Gasteiger partial charge in [-0.2, -0.15) is 4.98 Å². The summed E-state index contributed by atoms with van der Waals surface area (Å²) in [6.07, 6.45) is 0.654. The maximum atomic E-state index is 11.0. The number of aryl methyl sites for hydroxylation is 1. The lowest BCUT2D eigenvalue weighted by Crippen LogP contribution is -2.03. The molecule has 100 valence electrons. The first-order valence-corrected chi connectivity index (χ1v) is 5.95. The van der Waals surface area contributed by atoms with Crippen LogP contribution in [0.1, 0.15) is 29.0 Å². The van der Waals surface area contributed by atoms with E-state index in [-0.39, 0.29) is 23.8 Å². The second-order valence-corrected chi connectivity index (χ2v) is 4.13. The van der Waals surface area contributed by atoms with Crippen LogP contribution < -0.4 is 4.74 Å². The first kappa shape index (κ1) is 13.4. The third-order valence-corrected chi connectivity index (χ3v) is 2.59. The SMILES string of the molecule is CCc1noc(COc2cc(Cl)ccc2C(=O)O)n1. The zero-order valence-corrected chi connectivity index (χ0v) is 10.8. The molecule has 2 aromatic rings. The summed E-state index contributed by atoms with van der Waals surface area (Å²) in [6.45, 7) is 1.89. The summed E-state index contributed by atoms with van der Waals surface area (Å²) in [7, 11) is 0. The first-order chi connectivity index (χ1) is 9.10. The van der Waals surface area contributed by atoms with Gasteiger partial charge >= 0.3 is 5.97 Å². The van der Waals surface area contributed by atoms with E-state index >= 15 is 0 Å². The van der Waals surface area contributed by atoms with Crippen molar-refractivity contribution in [1.29, 1.82) is 0 Å². The number of ether oxygens (including phenoxy) is 1. The fraction of sp³-hybridized carbons (Fsp3) is 0.250. The summed E-state index contributed by atoms with van der Waals surface area (Å²) < 4.78 is 10.3. The molecule has 0 amide bonds. The molecule has 1 N–H and O–H groups in total. The predicted octanol–water partition coefficient (Wildman–Crippen LogP) is 2.56. The van der Waals surface area contributed by atoms with Gasteiger partial charge in [-0.3, -0.25) is 0 Å². The number of hydrogen-bond acceptors (Lipinski definition) is 5. The maximum absolute atomic E-state index is 11.0. The zero-order chi connectivity index (χ0) is 13.8. The van der Waals surface area contributed by atoms with Crippen molar-refractivity contribution in [3.8, 4) is 5.75 Å². The standard InChI is InChI=1S/C12H11ClN2O4/c1-2-10-14-11(19-15-10)6-18-9-5-7(13)3-4-8(9)12(16)17/h3-5H,2,6H2,1H3,(H,16,17). The number of carbonyl (C=O) groups is 1. The van der Waals surface area contributed by atoms with E-state index in [0.29, 0.717) is 17.3 Å². The van der Waals surface area contributed by atoms with Gasteiger partial charge in [0.1, 0.15) is 11.3 Å². The maximum Gasteiger partial charge on any atom is 0.339 e. The fourth-order valence-corrected chi connectivity index (χ4v) is 1.59.